The van der Waals surface area contributed by atoms with E-state index in [2.05, 4.69) is 30.5 Å². The molecule has 0 saturated heterocycles. The number of nitrogens with zero attached hydrogens (tertiary/aromatic N) is 3. The van der Waals surface area contributed by atoms with E-state index in [9.17, 15) is 8.42 Å². The Bertz CT molecular complexity index is 1110. The molecule has 0 bridgehead atoms. The van der Waals surface area contributed by atoms with Crippen LogP contribution in [0.2, 0.25) is 0 Å². The monoisotopic (exact) mass is 469 g/mol. The van der Waals surface area contributed by atoms with Crippen molar-refractivity contribution in [2.24, 2.45) is 5.14 Å². The number of fused-ring (bicyclic) bond motifs is 3. The van der Waals surface area contributed by atoms with Crippen LogP contribution in [0.25, 0.3) is 21.9 Å². The molecule has 0 saturated carbocycles. The highest BCUT2D eigenvalue weighted by molar-refractivity contribution is 9.10. The van der Waals surface area contributed by atoms with Gasteiger partial charge in [-0.15, -0.1) is 0 Å². The standard InChI is InChI=1S/C18H24BrN5O3S/c1-3-27-10-15-23-16-17(24(15)8-4-5-11(2)28(21,25)26)13-7-6-12(19)9-14(13)22-18(16)20/h6-7,9,11H,3-5,8,10H2,1-2H3,(H2,20,22)(H2,21,25,26). The van der Waals surface area contributed by atoms with Gasteiger partial charge in [0.05, 0.1) is 16.3 Å². The Morgan fingerprint density at radius 2 is 2.07 bits per heavy atom. The largest absolute Gasteiger partial charge is 0.382 e. The molecule has 1 unspecified atom stereocenters. The van der Waals surface area contributed by atoms with Crippen LogP contribution in [0.5, 0.6) is 0 Å². The maximum absolute atomic E-state index is 11.5. The molecule has 8 nitrogen and oxygen atoms in total. The third-order valence-corrected chi connectivity index (χ3v) is 6.58. The number of aryl methyl sites for hydroxylation is 1. The predicted octanol–water partition coefficient (Wildman–Crippen LogP) is 2.92. The van der Waals surface area contributed by atoms with Gasteiger partial charge < -0.3 is 15.0 Å². The molecule has 4 N–H and O–H groups in total. The number of primary sulfonamides is 1. The van der Waals surface area contributed by atoms with E-state index in [0.29, 0.717) is 43.9 Å². The van der Waals surface area contributed by atoms with Crippen LogP contribution < -0.4 is 10.9 Å². The van der Waals surface area contributed by atoms with Crippen molar-refractivity contribution >= 4 is 53.7 Å². The molecule has 1 atom stereocenters. The van der Waals surface area contributed by atoms with E-state index in [1.165, 1.54) is 0 Å². The Hall–Kier alpha value is -1.75. The fraction of sp³-hybridized carbons (Fsp3) is 0.444. The summed E-state index contributed by atoms with van der Waals surface area (Å²) in [5.74, 6) is 1.10. The minimum atomic E-state index is -3.54. The van der Waals surface area contributed by atoms with Crippen molar-refractivity contribution in [2.45, 2.75) is 45.1 Å². The lowest BCUT2D eigenvalue weighted by Gasteiger charge is -2.13. The topological polar surface area (TPSA) is 126 Å². The SMILES string of the molecule is CCOCc1nc2c(N)nc3cc(Br)ccc3c2n1CCCC(C)S(N)(=O)=O. The van der Waals surface area contributed by atoms with Crippen LogP contribution in [0.3, 0.4) is 0 Å². The van der Waals surface area contributed by atoms with E-state index in [1.807, 2.05) is 25.1 Å². The van der Waals surface area contributed by atoms with Gasteiger partial charge in [0.15, 0.2) is 5.82 Å². The number of imidazole rings is 1. The van der Waals surface area contributed by atoms with Crippen molar-refractivity contribution in [3.63, 3.8) is 0 Å². The highest BCUT2D eigenvalue weighted by Gasteiger charge is 2.19. The quantitative estimate of drug-likeness (QED) is 0.521. The molecule has 0 radical (unpaired) electrons. The summed E-state index contributed by atoms with van der Waals surface area (Å²) in [4.78, 5) is 9.14. The minimum Gasteiger partial charge on any atom is -0.382 e. The summed E-state index contributed by atoms with van der Waals surface area (Å²) in [6.07, 6.45) is 1.08. The minimum absolute atomic E-state index is 0.341. The molecule has 1 aromatic carbocycles. The zero-order valence-electron chi connectivity index (χ0n) is 15.9. The molecular weight excluding hydrogens is 446 g/mol. The van der Waals surface area contributed by atoms with Gasteiger partial charge in [-0.1, -0.05) is 15.9 Å². The van der Waals surface area contributed by atoms with Gasteiger partial charge in [-0.25, -0.2) is 23.5 Å². The average molecular weight is 470 g/mol. The second-order valence-electron chi connectivity index (χ2n) is 6.71. The zero-order valence-corrected chi connectivity index (χ0v) is 18.3. The van der Waals surface area contributed by atoms with Gasteiger partial charge in [-0.05, 0) is 44.9 Å². The molecule has 10 heteroatoms. The molecular formula is C18H24BrN5O3S. The van der Waals surface area contributed by atoms with E-state index < -0.39 is 15.3 Å². The number of aromatic nitrogens is 3. The van der Waals surface area contributed by atoms with Crippen LogP contribution in [0, 0.1) is 0 Å². The highest BCUT2D eigenvalue weighted by atomic mass is 79.9. The number of hydrogen-bond acceptors (Lipinski definition) is 6. The molecule has 2 aromatic heterocycles. The Morgan fingerprint density at radius 3 is 2.75 bits per heavy atom. The normalized spacial score (nSPS) is 13.4. The van der Waals surface area contributed by atoms with Crippen LogP contribution in [-0.2, 0) is 27.9 Å². The molecule has 0 spiro atoms. The fourth-order valence-corrected chi connectivity index (χ4v) is 4.02. The van der Waals surface area contributed by atoms with Crippen molar-refractivity contribution in [3.8, 4) is 0 Å². The average Bonchev–Trinajstić information content (AvgIpc) is 2.98. The highest BCUT2D eigenvalue weighted by Crippen LogP contribution is 2.31. The number of rotatable bonds is 8. The van der Waals surface area contributed by atoms with Crippen LogP contribution in [0.1, 0.15) is 32.5 Å². The zero-order chi connectivity index (χ0) is 20.5. The molecule has 0 aliphatic rings. The van der Waals surface area contributed by atoms with Crippen molar-refractivity contribution in [1.29, 1.82) is 0 Å². The van der Waals surface area contributed by atoms with Crippen molar-refractivity contribution < 1.29 is 13.2 Å². The number of halogens is 1. The van der Waals surface area contributed by atoms with E-state index in [4.69, 9.17) is 15.6 Å². The molecule has 2 heterocycles. The number of sulfonamides is 1. The van der Waals surface area contributed by atoms with E-state index in [-0.39, 0.29) is 0 Å². The maximum atomic E-state index is 11.5. The Kier molecular flexibility index (Phi) is 6.23. The third-order valence-electron chi connectivity index (χ3n) is 4.73. The summed E-state index contributed by atoms with van der Waals surface area (Å²) in [6.45, 7) is 5.02. The number of nitrogens with two attached hydrogens (primary N) is 2. The summed E-state index contributed by atoms with van der Waals surface area (Å²) >= 11 is 3.46. The van der Waals surface area contributed by atoms with Gasteiger partial charge in [-0.3, -0.25) is 0 Å². The Balaban J connectivity index is 2.07. The van der Waals surface area contributed by atoms with Crippen LogP contribution >= 0.6 is 15.9 Å². The molecule has 3 aromatic rings. The van der Waals surface area contributed by atoms with Crippen molar-refractivity contribution in [1.82, 2.24) is 14.5 Å². The van der Waals surface area contributed by atoms with Crippen molar-refractivity contribution in [2.75, 3.05) is 12.3 Å². The second-order valence-corrected chi connectivity index (χ2v) is 9.61. The van der Waals surface area contributed by atoms with E-state index in [1.54, 1.807) is 6.92 Å². The van der Waals surface area contributed by atoms with Crippen LogP contribution in [-0.4, -0.2) is 34.8 Å². The molecule has 0 aliphatic heterocycles. The number of pyridine rings is 1. The summed E-state index contributed by atoms with van der Waals surface area (Å²) in [5.41, 5.74) is 8.45. The van der Waals surface area contributed by atoms with Gasteiger partial charge >= 0.3 is 0 Å². The summed E-state index contributed by atoms with van der Waals surface area (Å²) in [5, 5.41) is 5.57. The summed E-state index contributed by atoms with van der Waals surface area (Å²) < 4.78 is 31.5. The van der Waals surface area contributed by atoms with Crippen molar-refractivity contribution in [3.05, 3.63) is 28.5 Å². The maximum Gasteiger partial charge on any atom is 0.211 e. The number of anilines is 1. The third kappa shape index (κ3) is 4.29. The Morgan fingerprint density at radius 1 is 1.32 bits per heavy atom. The fourth-order valence-electron chi connectivity index (χ4n) is 3.18. The molecule has 152 valence electrons. The van der Waals surface area contributed by atoms with Gasteiger partial charge in [0.1, 0.15) is 17.9 Å². The van der Waals surface area contributed by atoms with Gasteiger partial charge in [0, 0.05) is 23.0 Å². The van der Waals surface area contributed by atoms with Crippen LogP contribution in [0.15, 0.2) is 22.7 Å². The second kappa shape index (κ2) is 8.32. The molecule has 28 heavy (non-hydrogen) atoms. The first-order valence-corrected chi connectivity index (χ1v) is 11.5. The lowest BCUT2D eigenvalue weighted by Crippen LogP contribution is -2.26. The number of benzene rings is 1. The number of ether oxygens (including phenoxy) is 1. The lowest BCUT2D eigenvalue weighted by atomic mass is 10.1. The summed E-state index contributed by atoms with van der Waals surface area (Å²) in [6, 6.07) is 5.83. The van der Waals surface area contributed by atoms with Gasteiger partial charge in [0.2, 0.25) is 10.0 Å². The smallest absolute Gasteiger partial charge is 0.211 e. The van der Waals surface area contributed by atoms with E-state index in [0.717, 1.165) is 26.7 Å². The van der Waals surface area contributed by atoms with Gasteiger partial charge in [0.25, 0.3) is 0 Å². The molecule has 3 rings (SSSR count). The molecule has 0 amide bonds. The Labute approximate surface area is 172 Å². The first kappa shape index (κ1) is 21.0. The molecule has 0 aliphatic carbocycles. The summed E-state index contributed by atoms with van der Waals surface area (Å²) in [7, 11) is -3.54. The first-order valence-electron chi connectivity index (χ1n) is 9.05. The van der Waals surface area contributed by atoms with Crippen LogP contribution in [0.4, 0.5) is 5.82 Å². The predicted molar refractivity (Wildman–Crippen MR) is 114 cm³/mol. The van der Waals surface area contributed by atoms with Gasteiger partial charge in [-0.2, -0.15) is 0 Å². The number of hydrogen-bond donors (Lipinski definition) is 2. The van der Waals surface area contributed by atoms with E-state index >= 15 is 0 Å². The molecule has 0 fully saturated rings. The number of nitrogen functional groups attached to an aromatic ring is 1. The lowest BCUT2D eigenvalue weighted by molar-refractivity contribution is 0.126. The first-order chi connectivity index (χ1) is 13.2.